The molecule has 3 fully saturated rings. The van der Waals surface area contributed by atoms with Gasteiger partial charge < -0.3 is 19.6 Å². The van der Waals surface area contributed by atoms with Gasteiger partial charge in [-0.25, -0.2) is 0 Å². The Morgan fingerprint density at radius 2 is 1.88 bits per heavy atom. The average Bonchev–Trinajstić information content (AvgIpc) is 3.46. The number of hydrogen-bond donors (Lipinski definition) is 1. The number of rotatable bonds is 5. The summed E-state index contributed by atoms with van der Waals surface area (Å²) in [5.74, 6) is 1.64. The number of aliphatic hydroxyl groups is 1. The standard InChI is InChI=1S/C32H40ClN5O2/c1-22-17-32(13-6-15-38(32)18-22)21-40-30-34-26-19-36(27-10-4-8-23-7-3-9-25(33)28(23)27)16-11-24(26)29(35-30)37-14-5-12-31(2,39)20-37/h3-4,7-10,22,39H,5-6,11-21H2,1-2H3/t22-,31-,32+/m1/s1. The maximum atomic E-state index is 10.9. The van der Waals surface area contributed by atoms with E-state index in [4.69, 9.17) is 26.3 Å². The Balaban J connectivity index is 1.24. The lowest BCUT2D eigenvalue weighted by Crippen LogP contribution is -2.47. The van der Waals surface area contributed by atoms with Gasteiger partial charge in [-0.1, -0.05) is 42.8 Å². The molecule has 1 aromatic heterocycles. The molecule has 1 N–H and O–H groups in total. The molecular formula is C32H40ClN5O2. The van der Waals surface area contributed by atoms with Crippen LogP contribution in [0.15, 0.2) is 36.4 Å². The van der Waals surface area contributed by atoms with Crippen LogP contribution in [0.4, 0.5) is 11.5 Å². The van der Waals surface area contributed by atoms with Gasteiger partial charge in [-0.3, -0.25) is 4.90 Å². The number of nitrogens with zero attached hydrogens (tertiary/aromatic N) is 5. The smallest absolute Gasteiger partial charge is 0.318 e. The predicted octanol–water partition coefficient (Wildman–Crippen LogP) is 5.45. The minimum Gasteiger partial charge on any atom is -0.461 e. The molecule has 4 aliphatic heterocycles. The normalized spacial score (nSPS) is 28.6. The maximum Gasteiger partial charge on any atom is 0.318 e. The van der Waals surface area contributed by atoms with Crippen LogP contribution in [0.2, 0.25) is 5.02 Å². The van der Waals surface area contributed by atoms with Crippen molar-refractivity contribution in [3.05, 3.63) is 52.7 Å². The van der Waals surface area contributed by atoms with E-state index in [9.17, 15) is 5.11 Å². The van der Waals surface area contributed by atoms with Gasteiger partial charge in [0.25, 0.3) is 0 Å². The molecule has 0 spiro atoms. The Kier molecular flexibility index (Phi) is 6.60. The van der Waals surface area contributed by atoms with Crippen molar-refractivity contribution in [2.45, 2.75) is 70.1 Å². The number of β-amino-alcohol motifs (C(OH)–C–C–N with tert-alkyl or cyclic N) is 1. The van der Waals surface area contributed by atoms with Gasteiger partial charge in [-0.15, -0.1) is 0 Å². The van der Waals surface area contributed by atoms with Crippen LogP contribution in [0.5, 0.6) is 6.01 Å². The number of piperidine rings is 1. The number of benzene rings is 2. The van der Waals surface area contributed by atoms with Crippen molar-refractivity contribution >= 4 is 33.9 Å². The zero-order valence-electron chi connectivity index (χ0n) is 23.7. The zero-order chi connectivity index (χ0) is 27.5. The van der Waals surface area contributed by atoms with Crippen LogP contribution in [0.3, 0.4) is 0 Å². The molecule has 0 bridgehead atoms. The number of anilines is 2. The Morgan fingerprint density at radius 3 is 2.73 bits per heavy atom. The van der Waals surface area contributed by atoms with Crippen LogP contribution in [0, 0.1) is 5.92 Å². The molecular weight excluding hydrogens is 522 g/mol. The highest BCUT2D eigenvalue weighted by Gasteiger charge is 2.48. The summed E-state index contributed by atoms with van der Waals surface area (Å²) in [6, 6.07) is 12.9. The van der Waals surface area contributed by atoms with Crippen molar-refractivity contribution in [1.82, 2.24) is 14.9 Å². The van der Waals surface area contributed by atoms with Gasteiger partial charge in [0, 0.05) is 42.8 Å². The van der Waals surface area contributed by atoms with E-state index in [0.717, 1.165) is 78.4 Å². The van der Waals surface area contributed by atoms with Gasteiger partial charge in [0.15, 0.2) is 0 Å². The maximum absolute atomic E-state index is 10.9. The first kappa shape index (κ1) is 26.3. The van der Waals surface area contributed by atoms with Gasteiger partial charge in [0.1, 0.15) is 12.4 Å². The number of fused-ring (bicyclic) bond motifs is 3. The summed E-state index contributed by atoms with van der Waals surface area (Å²) >= 11 is 6.71. The summed E-state index contributed by atoms with van der Waals surface area (Å²) in [5.41, 5.74) is 2.72. The van der Waals surface area contributed by atoms with Crippen molar-refractivity contribution in [2.75, 3.05) is 49.1 Å². The van der Waals surface area contributed by atoms with Gasteiger partial charge in [-0.05, 0) is 75.4 Å². The molecule has 8 heteroatoms. The Bertz CT molecular complexity index is 1420. The highest BCUT2D eigenvalue weighted by atomic mass is 35.5. The van der Waals surface area contributed by atoms with Gasteiger partial charge in [-0.2, -0.15) is 9.97 Å². The van der Waals surface area contributed by atoms with Crippen LogP contribution in [-0.2, 0) is 13.0 Å². The first-order valence-corrected chi connectivity index (χ1v) is 15.4. The Hall–Kier alpha value is -2.61. The number of aromatic nitrogens is 2. The van der Waals surface area contributed by atoms with Gasteiger partial charge in [0.2, 0.25) is 0 Å². The van der Waals surface area contributed by atoms with E-state index in [2.05, 4.69) is 45.9 Å². The van der Waals surface area contributed by atoms with Crippen molar-refractivity contribution < 1.29 is 9.84 Å². The molecule has 3 aromatic rings. The van der Waals surface area contributed by atoms with E-state index in [-0.39, 0.29) is 5.54 Å². The van der Waals surface area contributed by atoms with Crippen molar-refractivity contribution in [1.29, 1.82) is 0 Å². The van der Waals surface area contributed by atoms with E-state index in [1.807, 2.05) is 19.1 Å². The first-order valence-electron chi connectivity index (χ1n) is 15.0. The lowest BCUT2D eigenvalue weighted by atomic mass is 9.92. The van der Waals surface area contributed by atoms with Gasteiger partial charge in [0.05, 0.1) is 28.4 Å². The molecule has 7 nitrogen and oxygen atoms in total. The van der Waals surface area contributed by atoms with Crippen LogP contribution < -0.4 is 14.5 Å². The van der Waals surface area contributed by atoms with Gasteiger partial charge >= 0.3 is 6.01 Å². The first-order chi connectivity index (χ1) is 19.3. The summed E-state index contributed by atoms with van der Waals surface area (Å²) < 4.78 is 6.53. The summed E-state index contributed by atoms with van der Waals surface area (Å²) in [6.07, 6.45) is 6.18. The fourth-order valence-corrected chi connectivity index (χ4v) is 8.16. The van der Waals surface area contributed by atoms with Crippen molar-refractivity contribution in [3.63, 3.8) is 0 Å². The van der Waals surface area contributed by atoms with E-state index in [0.29, 0.717) is 31.6 Å². The molecule has 5 heterocycles. The Morgan fingerprint density at radius 1 is 1.05 bits per heavy atom. The second kappa shape index (κ2) is 10.0. The van der Waals surface area contributed by atoms with Crippen LogP contribution >= 0.6 is 11.6 Å². The van der Waals surface area contributed by atoms with Crippen LogP contribution in [-0.4, -0.2) is 70.4 Å². The monoisotopic (exact) mass is 561 g/mol. The highest BCUT2D eigenvalue weighted by molar-refractivity contribution is 6.36. The Labute approximate surface area is 242 Å². The third kappa shape index (κ3) is 4.70. The molecule has 0 radical (unpaired) electrons. The quantitative estimate of drug-likeness (QED) is 0.444. The molecule has 2 aromatic carbocycles. The molecule has 7 rings (SSSR count). The van der Waals surface area contributed by atoms with E-state index in [1.54, 1.807) is 0 Å². The average molecular weight is 562 g/mol. The third-order valence-corrected chi connectivity index (χ3v) is 9.96. The molecule has 0 unspecified atom stereocenters. The topological polar surface area (TPSA) is 65.0 Å². The highest BCUT2D eigenvalue weighted by Crippen LogP contribution is 2.42. The van der Waals surface area contributed by atoms with Crippen molar-refractivity contribution in [3.8, 4) is 6.01 Å². The molecule has 0 saturated carbocycles. The largest absolute Gasteiger partial charge is 0.461 e. The number of hydrogen-bond acceptors (Lipinski definition) is 7. The number of halogens is 1. The summed E-state index contributed by atoms with van der Waals surface area (Å²) in [7, 11) is 0. The molecule has 3 atom stereocenters. The fraction of sp³-hybridized carbons (Fsp3) is 0.562. The predicted molar refractivity (Wildman–Crippen MR) is 161 cm³/mol. The van der Waals surface area contributed by atoms with Crippen LogP contribution in [0.1, 0.15) is 57.2 Å². The molecule has 4 aliphatic rings. The minimum atomic E-state index is -0.721. The lowest BCUT2D eigenvalue weighted by molar-refractivity contribution is 0.0445. The second-order valence-electron chi connectivity index (χ2n) is 12.9. The van der Waals surface area contributed by atoms with E-state index in [1.165, 1.54) is 24.8 Å². The second-order valence-corrected chi connectivity index (χ2v) is 13.3. The zero-order valence-corrected chi connectivity index (χ0v) is 24.5. The summed E-state index contributed by atoms with van der Waals surface area (Å²) in [6.45, 7) is 10.2. The summed E-state index contributed by atoms with van der Waals surface area (Å²) in [4.78, 5) is 17.4. The third-order valence-electron chi connectivity index (χ3n) is 9.64. The van der Waals surface area contributed by atoms with E-state index < -0.39 is 5.60 Å². The van der Waals surface area contributed by atoms with Crippen molar-refractivity contribution in [2.24, 2.45) is 5.92 Å². The molecule has 212 valence electrons. The minimum absolute atomic E-state index is 0.110. The lowest BCUT2D eigenvalue weighted by Gasteiger charge is -2.40. The molecule has 3 saturated heterocycles. The van der Waals surface area contributed by atoms with E-state index >= 15 is 0 Å². The fourth-order valence-electron chi connectivity index (χ4n) is 7.88. The van der Waals surface area contributed by atoms with Crippen LogP contribution in [0.25, 0.3) is 10.8 Å². The number of ether oxygens (including phenoxy) is 1. The SMILES string of the molecule is C[C@H]1CN2CCC[C@@]2(COc2nc3c(c(N4CCC[C@@](C)(O)C4)n2)CCN(c2cccc4cccc(Cl)c24)C3)C1. The summed E-state index contributed by atoms with van der Waals surface area (Å²) in [5, 5.41) is 13.9. The molecule has 0 aliphatic carbocycles. The molecule has 0 amide bonds. The molecule has 40 heavy (non-hydrogen) atoms.